The van der Waals surface area contributed by atoms with Gasteiger partial charge in [0, 0.05) is 49.7 Å². The van der Waals surface area contributed by atoms with Crippen LogP contribution in [0.5, 0.6) is 0 Å². The Hall–Kier alpha value is -2.42. The average molecular weight is 432 g/mol. The topological polar surface area (TPSA) is 72.9 Å². The Morgan fingerprint density at radius 3 is 2.30 bits per heavy atom. The maximum atomic E-state index is 12.9. The first-order valence-electron chi connectivity index (χ1n) is 9.90. The summed E-state index contributed by atoms with van der Waals surface area (Å²) in [6, 6.07) is 13.2. The van der Waals surface area contributed by atoms with E-state index in [1.54, 1.807) is 0 Å². The molecule has 0 unspecified atom stereocenters. The van der Waals surface area contributed by atoms with Gasteiger partial charge >= 0.3 is 0 Å². The van der Waals surface area contributed by atoms with E-state index < -0.39 is 0 Å². The standard InChI is InChI=1S/C22H26FN3O3S/c23-19-5-7-20(8-6-19)24-21(28)16-30-15-17-1-3-18(4-2-17)22(29)26-11-9-25(10-12-26)13-14-27/h1-8,27H,9-16H2,(H,24,28). The summed E-state index contributed by atoms with van der Waals surface area (Å²) in [7, 11) is 0. The molecule has 0 spiro atoms. The van der Waals surface area contributed by atoms with Gasteiger partial charge in [-0.05, 0) is 42.0 Å². The van der Waals surface area contributed by atoms with E-state index in [1.807, 2.05) is 29.2 Å². The zero-order valence-electron chi connectivity index (χ0n) is 16.7. The van der Waals surface area contributed by atoms with Gasteiger partial charge in [0.05, 0.1) is 12.4 Å². The van der Waals surface area contributed by atoms with E-state index in [0.29, 0.717) is 36.6 Å². The number of amides is 2. The van der Waals surface area contributed by atoms with Crippen LogP contribution in [0.1, 0.15) is 15.9 Å². The number of carbonyl (C=O) groups excluding carboxylic acids is 2. The molecule has 2 N–H and O–H groups in total. The van der Waals surface area contributed by atoms with Gasteiger partial charge in [0.1, 0.15) is 5.82 Å². The first kappa shape index (κ1) is 22.3. The van der Waals surface area contributed by atoms with Crippen molar-refractivity contribution < 1.29 is 19.1 Å². The van der Waals surface area contributed by atoms with Crippen molar-refractivity contribution >= 4 is 29.3 Å². The molecule has 160 valence electrons. The minimum atomic E-state index is -0.340. The maximum absolute atomic E-state index is 12.9. The number of nitrogens with zero attached hydrogens (tertiary/aromatic N) is 2. The summed E-state index contributed by atoms with van der Waals surface area (Å²) in [5.74, 6) is 0.491. The maximum Gasteiger partial charge on any atom is 0.253 e. The van der Waals surface area contributed by atoms with E-state index in [2.05, 4.69) is 10.2 Å². The Kier molecular flexibility index (Phi) is 8.24. The van der Waals surface area contributed by atoms with Gasteiger partial charge in [-0.3, -0.25) is 14.5 Å². The molecular weight excluding hydrogens is 405 g/mol. The van der Waals surface area contributed by atoms with Gasteiger partial charge in [-0.1, -0.05) is 12.1 Å². The Morgan fingerprint density at radius 1 is 1.00 bits per heavy atom. The number of rotatable bonds is 8. The van der Waals surface area contributed by atoms with E-state index in [4.69, 9.17) is 5.11 Å². The molecule has 30 heavy (non-hydrogen) atoms. The second-order valence-electron chi connectivity index (χ2n) is 7.10. The number of hydrogen-bond donors (Lipinski definition) is 2. The monoisotopic (exact) mass is 431 g/mol. The van der Waals surface area contributed by atoms with Crippen molar-refractivity contribution in [2.24, 2.45) is 0 Å². The molecule has 1 fully saturated rings. The zero-order valence-corrected chi connectivity index (χ0v) is 17.5. The second kappa shape index (κ2) is 11.1. The van der Waals surface area contributed by atoms with Crippen molar-refractivity contribution in [3.8, 4) is 0 Å². The zero-order chi connectivity index (χ0) is 21.3. The van der Waals surface area contributed by atoms with Crippen molar-refractivity contribution in [1.29, 1.82) is 0 Å². The summed E-state index contributed by atoms with van der Waals surface area (Å²) in [5.41, 5.74) is 2.27. The molecule has 1 aliphatic heterocycles. The Labute approximate surface area is 180 Å². The average Bonchev–Trinajstić information content (AvgIpc) is 2.76. The lowest BCUT2D eigenvalue weighted by Crippen LogP contribution is -2.49. The molecule has 0 atom stereocenters. The van der Waals surface area contributed by atoms with E-state index in [1.165, 1.54) is 36.0 Å². The number of anilines is 1. The molecule has 0 aliphatic carbocycles. The number of aliphatic hydroxyl groups is 1. The lowest BCUT2D eigenvalue weighted by Gasteiger charge is -2.34. The summed E-state index contributed by atoms with van der Waals surface area (Å²) in [6.45, 7) is 3.68. The van der Waals surface area contributed by atoms with Crippen LogP contribution in [0.3, 0.4) is 0 Å². The fourth-order valence-electron chi connectivity index (χ4n) is 3.23. The number of hydrogen-bond acceptors (Lipinski definition) is 5. The van der Waals surface area contributed by atoms with Crippen molar-refractivity contribution in [2.45, 2.75) is 5.75 Å². The van der Waals surface area contributed by atoms with E-state index >= 15 is 0 Å². The van der Waals surface area contributed by atoms with Crippen LogP contribution in [0.25, 0.3) is 0 Å². The normalized spacial score (nSPS) is 14.5. The highest BCUT2D eigenvalue weighted by molar-refractivity contribution is 7.99. The van der Waals surface area contributed by atoms with Crippen LogP contribution in [0.15, 0.2) is 48.5 Å². The molecule has 1 heterocycles. The Bertz CT molecular complexity index is 838. The van der Waals surface area contributed by atoms with Crippen LogP contribution in [-0.4, -0.2) is 71.8 Å². The summed E-state index contributed by atoms with van der Waals surface area (Å²) in [6.07, 6.45) is 0. The Balaban J connectivity index is 1.41. The predicted molar refractivity (Wildman–Crippen MR) is 117 cm³/mol. The van der Waals surface area contributed by atoms with Crippen LogP contribution in [0.2, 0.25) is 0 Å². The smallest absolute Gasteiger partial charge is 0.253 e. The van der Waals surface area contributed by atoms with Crippen molar-refractivity contribution in [3.05, 3.63) is 65.5 Å². The molecule has 1 saturated heterocycles. The van der Waals surface area contributed by atoms with Crippen molar-refractivity contribution in [2.75, 3.05) is 50.4 Å². The van der Waals surface area contributed by atoms with Gasteiger partial charge < -0.3 is 15.3 Å². The molecule has 2 aromatic rings. The third-order valence-electron chi connectivity index (χ3n) is 4.91. The van der Waals surface area contributed by atoms with Crippen molar-refractivity contribution in [3.63, 3.8) is 0 Å². The second-order valence-corrected chi connectivity index (χ2v) is 8.09. The molecule has 8 heteroatoms. The highest BCUT2D eigenvalue weighted by atomic mass is 32.2. The number of nitrogens with one attached hydrogen (secondary N) is 1. The number of benzene rings is 2. The SMILES string of the molecule is O=C(CSCc1ccc(C(=O)N2CCN(CCO)CC2)cc1)Nc1ccc(F)cc1. The van der Waals surface area contributed by atoms with Gasteiger partial charge in [-0.2, -0.15) is 0 Å². The van der Waals surface area contributed by atoms with Gasteiger partial charge in [0.25, 0.3) is 5.91 Å². The van der Waals surface area contributed by atoms with E-state index in [9.17, 15) is 14.0 Å². The van der Waals surface area contributed by atoms with E-state index in [0.717, 1.165) is 18.7 Å². The molecule has 0 saturated carbocycles. The third-order valence-corrected chi connectivity index (χ3v) is 5.91. The van der Waals surface area contributed by atoms with Crippen LogP contribution in [0, 0.1) is 5.82 Å². The predicted octanol–water partition coefficient (Wildman–Crippen LogP) is 2.45. The molecule has 2 aromatic carbocycles. The molecular formula is C22H26FN3O3S. The molecule has 2 amide bonds. The number of β-amino-alcohol motifs (C(OH)–C–C–N with tert-alkyl or cyclic N) is 1. The first-order chi connectivity index (χ1) is 14.5. The fraction of sp³-hybridized carbons (Fsp3) is 0.364. The van der Waals surface area contributed by atoms with Gasteiger partial charge in [0.2, 0.25) is 5.91 Å². The number of piperazine rings is 1. The van der Waals surface area contributed by atoms with Crippen LogP contribution < -0.4 is 5.32 Å². The first-order valence-corrected chi connectivity index (χ1v) is 11.1. The van der Waals surface area contributed by atoms with Crippen LogP contribution in [0.4, 0.5) is 10.1 Å². The highest BCUT2D eigenvalue weighted by Crippen LogP contribution is 2.16. The van der Waals surface area contributed by atoms with Crippen molar-refractivity contribution in [1.82, 2.24) is 9.80 Å². The number of carbonyl (C=O) groups is 2. The summed E-state index contributed by atoms with van der Waals surface area (Å²) in [4.78, 5) is 28.6. The number of thioether (sulfide) groups is 1. The third kappa shape index (κ3) is 6.55. The fourth-order valence-corrected chi connectivity index (χ4v) is 4.02. The van der Waals surface area contributed by atoms with Crippen LogP contribution in [-0.2, 0) is 10.5 Å². The molecule has 0 bridgehead atoms. The number of halogens is 1. The molecule has 1 aliphatic rings. The summed E-state index contributed by atoms with van der Waals surface area (Å²) in [5, 5.41) is 11.7. The van der Waals surface area contributed by atoms with Gasteiger partial charge in [-0.25, -0.2) is 4.39 Å². The largest absolute Gasteiger partial charge is 0.395 e. The molecule has 0 radical (unpaired) electrons. The highest BCUT2D eigenvalue weighted by Gasteiger charge is 2.21. The molecule has 0 aromatic heterocycles. The number of aliphatic hydroxyl groups excluding tert-OH is 1. The minimum Gasteiger partial charge on any atom is -0.395 e. The van der Waals surface area contributed by atoms with E-state index in [-0.39, 0.29) is 30.0 Å². The lowest BCUT2D eigenvalue weighted by atomic mass is 10.1. The van der Waals surface area contributed by atoms with Gasteiger partial charge in [0.15, 0.2) is 0 Å². The Morgan fingerprint density at radius 2 is 1.67 bits per heavy atom. The summed E-state index contributed by atoms with van der Waals surface area (Å²) < 4.78 is 12.9. The summed E-state index contributed by atoms with van der Waals surface area (Å²) >= 11 is 1.48. The molecule has 6 nitrogen and oxygen atoms in total. The molecule has 3 rings (SSSR count). The minimum absolute atomic E-state index is 0.0246. The van der Waals surface area contributed by atoms with Crippen LogP contribution >= 0.6 is 11.8 Å². The lowest BCUT2D eigenvalue weighted by molar-refractivity contribution is -0.113. The quantitative estimate of drug-likeness (QED) is 0.672. The van der Waals surface area contributed by atoms with Gasteiger partial charge in [-0.15, -0.1) is 11.8 Å².